The Balaban J connectivity index is 1.64. The lowest BCUT2D eigenvalue weighted by atomic mass is 9.99. The number of nitrogens with zero attached hydrogens (tertiary/aromatic N) is 1. The SMILES string of the molecule is COc1ccc(N2CCc3ccccc3C2P(=O)(Oc2ccccc2)Oc2ccccc2)cc1. The van der Waals surface area contributed by atoms with Crippen LogP contribution in [0, 0.1) is 0 Å². The highest BCUT2D eigenvalue weighted by molar-refractivity contribution is 7.55. The number of methoxy groups -OCH3 is 1. The second kappa shape index (κ2) is 9.66. The van der Waals surface area contributed by atoms with E-state index in [1.807, 2.05) is 78.9 Å². The van der Waals surface area contributed by atoms with E-state index in [0.29, 0.717) is 18.0 Å². The van der Waals surface area contributed by atoms with Crippen molar-refractivity contribution in [3.63, 3.8) is 0 Å². The number of rotatable bonds is 7. The van der Waals surface area contributed by atoms with Crippen molar-refractivity contribution >= 4 is 13.3 Å². The molecule has 5 rings (SSSR count). The Kier molecular flexibility index (Phi) is 6.29. The van der Waals surface area contributed by atoms with Gasteiger partial charge < -0.3 is 18.7 Å². The molecule has 172 valence electrons. The third kappa shape index (κ3) is 4.52. The van der Waals surface area contributed by atoms with Gasteiger partial charge in [0.1, 0.15) is 17.2 Å². The molecule has 1 unspecified atom stereocenters. The number of ether oxygens (including phenoxy) is 1. The molecule has 5 nitrogen and oxygen atoms in total. The Morgan fingerprint density at radius 3 is 1.85 bits per heavy atom. The van der Waals surface area contributed by atoms with Gasteiger partial charge in [-0.05, 0) is 66.1 Å². The van der Waals surface area contributed by atoms with Crippen molar-refractivity contribution in [3.8, 4) is 17.2 Å². The minimum absolute atomic E-state index is 0.500. The first kappa shape index (κ1) is 22.1. The van der Waals surface area contributed by atoms with Crippen molar-refractivity contribution < 1.29 is 18.3 Å². The molecule has 0 bridgehead atoms. The molecule has 4 aromatic rings. The van der Waals surface area contributed by atoms with E-state index in [2.05, 4.69) is 11.0 Å². The summed E-state index contributed by atoms with van der Waals surface area (Å²) in [5, 5.41) is 0. The average molecular weight is 471 g/mol. The lowest BCUT2D eigenvalue weighted by molar-refractivity contribution is 0.367. The van der Waals surface area contributed by atoms with E-state index in [1.54, 1.807) is 31.4 Å². The minimum Gasteiger partial charge on any atom is -0.497 e. The highest BCUT2D eigenvalue weighted by Crippen LogP contribution is 2.63. The number of hydrogen-bond donors (Lipinski definition) is 0. The predicted molar refractivity (Wildman–Crippen MR) is 135 cm³/mol. The van der Waals surface area contributed by atoms with Gasteiger partial charge in [0, 0.05) is 12.2 Å². The Morgan fingerprint density at radius 1 is 0.706 bits per heavy atom. The molecule has 0 fully saturated rings. The van der Waals surface area contributed by atoms with Crippen molar-refractivity contribution in [2.75, 3.05) is 18.6 Å². The molecule has 1 heterocycles. The van der Waals surface area contributed by atoms with E-state index >= 15 is 0 Å². The second-order valence-corrected chi connectivity index (χ2v) is 10.00. The summed E-state index contributed by atoms with van der Waals surface area (Å²) in [6, 6.07) is 34.3. The molecule has 34 heavy (non-hydrogen) atoms. The summed E-state index contributed by atoms with van der Waals surface area (Å²) in [5.74, 6) is 1.13. The Bertz CT molecular complexity index is 1230. The number of benzene rings is 4. The highest BCUT2D eigenvalue weighted by Gasteiger charge is 2.47. The lowest BCUT2D eigenvalue weighted by Crippen LogP contribution is -2.37. The summed E-state index contributed by atoms with van der Waals surface area (Å²) in [7, 11) is -2.17. The predicted octanol–water partition coefficient (Wildman–Crippen LogP) is 7.11. The van der Waals surface area contributed by atoms with E-state index < -0.39 is 13.4 Å². The summed E-state index contributed by atoms with van der Waals surface area (Å²) in [6.45, 7) is 0.675. The summed E-state index contributed by atoms with van der Waals surface area (Å²) < 4.78 is 32.7. The third-order valence-electron chi connectivity index (χ3n) is 5.91. The van der Waals surface area contributed by atoms with Crippen LogP contribution in [0.5, 0.6) is 17.2 Å². The van der Waals surface area contributed by atoms with E-state index in [1.165, 1.54) is 0 Å². The van der Waals surface area contributed by atoms with E-state index in [-0.39, 0.29) is 0 Å². The summed E-state index contributed by atoms with van der Waals surface area (Å²) in [5.41, 5.74) is 3.01. The van der Waals surface area contributed by atoms with Gasteiger partial charge in [0.05, 0.1) is 7.11 Å². The maximum atomic E-state index is 14.9. The molecule has 4 aromatic carbocycles. The van der Waals surface area contributed by atoms with Crippen molar-refractivity contribution in [1.82, 2.24) is 0 Å². The smallest absolute Gasteiger partial charge is 0.457 e. The molecule has 0 saturated heterocycles. The van der Waals surface area contributed by atoms with Crippen molar-refractivity contribution in [3.05, 3.63) is 120 Å². The van der Waals surface area contributed by atoms with Gasteiger partial charge in [-0.3, -0.25) is 0 Å². The van der Waals surface area contributed by atoms with Crippen LogP contribution in [0.1, 0.15) is 16.9 Å². The standard InChI is InChI=1S/C28H26NO4P/c1-31-24-18-16-23(17-19-24)29-21-20-22-10-8-9-15-27(22)28(29)34(30,32-25-11-4-2-5-12-25)33-26-13-6-3-7-14-26/h2-19,28H,20-21H2,1H3. The van der Waals surface area contributed by atoms with Gasteiger partial charge in [0.25, 0.3) is 0 Å². The molecule has 1 aliphatic heterocycles. The van der Waals surface area contributed by atoms with Gasteiger partial charge in [0.2, 0.25) is 0 Å². The highest BCUT2D eigenvalue weighted by atomic mass is 31.2. The molecule has 1 atom stereocenters. The number of hydrogen-bond acceptors (Lipinski definition) is 5. The fourth-order valence-corrected chi connectivity index (χ4v) is 6.56. The first-order valence-corrected chi connectivity index (χ1v) is 12.8. The van der Waals surface area contributed by atoms with Crippen LogP contribution in [-0.2, 0) is 11.0 Å². The first-order valence-electron chi connectivity index (χ1n) is 11.2. The van der Waals surface area contributed by atoms with Gasteiger partial charge in [-0.25, -0.2) is 4.57 Å². The molecule has 6 heteroatoms. The molecule has 1 aliphatic rings. The monoisotopic (exact) mass is 471 g/mol. The summed E-state index contributed by atoms with van der Waals surface area (Å²) in [6.07, 6.45) is 0.829. The fraction of sp³-hybridized carbons (Fsp3) is 0.143. The van der Waals surface area contributed by atoms with Crippen LogP contribution in [0.3, 0.4) is 0 Å². The van der Waals surface area contributed by atoms with E-state index in [9.17, 15) is 4.57 Å². The molecule has 0 amide bonds. The van der Waals surface area contributed by atoms with Crippen LogP contribution < -0.4 is 18.7 Å². The maximum Gasteiger partial charge on any atom is 0.457 e. The van der Waals surface area contributed by atoms with Gasteiger partial charge in [-0.2, -0.15) is 0 Å². The molecule has 0 radical (unpaired) electrons. The summed E-state index contributed by atoms with van der Waals surface area (Å²) in [4.78, 5) is 2.12. The lowest BCUT2D eigenvalue weighted by Gasteiger charge is -2.41. The maximum absolute atomic E-state index is 14.9. The van der Waals surface area contributed by atoms with Gasteiger partial charge in [-0.15, -0.1) is 0 Å². The number of anilines is 1. The molecule has 0 spiro atoms. The zero-order valence-corrected chi connectivity index (χ0v) is 19.8. The molecule has 0 aliphatic carbocycles. The zero-order chi connectivity index (χ0) is 23.4. The number of fused-ring (bicyclic) bond motifs is 1. The summed E-state index contributed by atoms with van der Waals surface area (Å²) >= 11 is 0. The van der Waals surface area contributed by atoms with Crippen molar-refractivity contribution in [1.29, 1.82) is 0 Å². The fourth-order valence-electron chi connectivity index (χ4n) is 4.30. The third-order valence-corrected chi connectivity index (χ3v) is 7.99. The zero-order valence-electron chi connectivity index (χ0n) is 18.9. The Labute approximate surface area is 200 Å². The number of para-hydroxylation sites is 2. The van der Waals surface area contributed by atoms with Crippen LogP contribution >= 0.6 is 7.60 Å². The Hall–Kier alpha value is -3.69. The van der Waals surface area contributed by atoms with Crippen LogP contribution in [0.2, 0.25) is 0 Å². The van der Waals surface area contributed by atoms with Crippen LogP contribution in [0.25, 0.3) is 0 Å². The normalized spacial score (nSPS) is 15.3. The van der Waals surface area contributed by atoms with Gasteiger partial charge in [0.15, 0.2) is 5.78 Å². The van der Waals surface area contributed by atoms with Crippen molar-refractivity contribution in [2.45, 2.75) is 12.2 Å². The topological polar surface area (TPSA) is 48.0 Å². The largest absolute Gasteiger partial charge is 0.497 e. The van der Waals surface area contributed by atoms with E-state index in [0.717, 1.165) is 29.0 Å². The second-order valence-electron chi connectivity index (χ2n) is 8.06. The molecule has 0 N–H and O–H groups in total. The van der Waals surface area contributed by atoms with Gasteiger partial charge in [-0.1, -0.05) is 60.7 Å². The first-order chi connectivity index (χ1) is 16.7. The minimum atomic E-state index is -3.82. The van der Waals surface area contributed by atoms with E-state index in [4.69, 9.17) is 13.8 Å². The molecule has 0 aromatic heterocycles. The van der Waals surface area contributed by atoms with Crippen LogP contribution in [0.4, 0.5) is 5.69 Å². The Morgan fingerprint density at radius 2 is 1.26 bits per heavy atom. The molecular formula is C28H26NO4P. The van der Waals surface area contributed by atoms with Crippen LogP contribution in [-0.4, -0.2) is 13.7 Å². The van der Waals surface area contributed by atoms with Gasteiger partial charge >= 0.3 is 7.60 Å². The van der Waals surface area contributed by atoms with Crippen LogP contribution in [0.15, 0.2) is 109 Å². The average Bonchev–Trinajstić information content (AvgIpc) is 2.89. The van der Waals surface area contributed by atoms with Crippen molar-refractivity contribution in [2.24, 2.45) is 0 Å². The molecule has 0 saturated carbocycles. The quantitative estimate of drug-likeness (QED) is 0.269. The molecular weight excluding hydrogens is 445 g/mol.